The summed E-state index contributed by atoms with van der Waals surface area (Å²) in [4.78, 5) is -0.631. The average molecular weight is 311 g/mol. The molecule has 0 aliphatic heterocycles. The maximum Gasteiger partial charge on any atom is 0.243 e. The Morgan fingerprint density at radius 1 is 1.47 bits per heavy atom. The van der Waals surface area contributed by atoms with Crippen molar-refractivity contribution in [2.45, 2.75) is 24.8 Å². The number of nitrogens with one attached hydrogen (secondary N) is 1. The molecule has 0 radical (unpaired) electrons. The first-order valence-corrected chi connectivity index (χ1v) is 7.43. The largest absolute Gasteiger partial charge is 0.396 e. The van der Waals surface area contributed by atoms with Crippen LogP contribution in [0.3, 0.4) is 0 Å². The molecule has 1 atom stereocenters. The number of sulfonamides is 1. The zero-order valence-electron chi connectivity index (χ0n) is 10.5. The maximum atomic E-state index is 13.7. The Labute approximate surface area is 116 Å². The van der Waals surface area contributed by atoms with Gasteiger partial charge in [0.1, 0.15) is 4.90 Å². The third kappa shape index (κ3) is 4.04. The van der Waals surface area contributed by atoms with E-state index in [0.717, 1.165) is 12.1 Å². The quantitative estimate of drug-likeness (QED) is 0.716. The lowest BCUT2D eigenvalue weighted by Crippen LogP contribution is -2.35. The highest BCUT2D eigenvalue weighted by Gasteiger charge is 2.23. The number of aliphatic hydroxyl groups excluding tert-OH is 1. The van der Waals surface area contributed by atoms with E-state index in [0.29, 0.717) is 0 Å². The van der Waals surface area contributed by atoms with E-state index in [4.69, 9.17) is 17.3 Å². The van der Waals surface area contributed by atoms with Crippen LogP contribution >= 0.6 is 11.6 Å². The molecule has 1 rings (SSSR count). The second kappa shape index (κ2) is 6.04. The fraction of sp³-hybridized carbons (Fsp3) is 0.455. The van der Waals surface area contributed by atoms with Gasteiger partial charge in [-0.05, 0) is 18.1 Å². The summed E-state index contributed by atoms with van der Waals surface area (Å²) in [5.74, 6) is -1.19. The van der Waals surface area contributed by atoms with Crippen LogP contribution in [-0.2, 0) is 10.0 Å². The monoisotopic (exact) mass is 310 g/mol. The van der Waals surface area contributed by atoms with Crippen LogP contribution in [0.25, 0.3) is 0 Å². The normalized spacial score (nSPS) is 13.8. The summed E-state index contributed by atoms with van der Waals surface area (Å²) in [6.07, 6.45) is -0.866. The molecule has 1 unspecified atom stereocenters. The van der Waals surface area contributed by atoms with Crippen molar-refractivity contribution in [2.75, 3.05) is 12.3 Å². The maximum absolute atomic E-state index is 13.7. The second-order valence-electron chi connectivity index (χ2n) is 4.47. The first-order valence-electron chi connectivity index (χ1n) is 5.57. The number of rotatable bonds is 5. The van der Waals surface area contributed by atoms with Gasteiger partial charge < -0.3 is 10.8 Å². The van der Waals surface area contributed by atoms with Crippen LogP contribution in [0.4, 0.5) is 10.1 Å². The summed E-state index contributed by atoms with van der Waals surface area (Å²) >= 11 is 5.65. The van der Waals surface area contributed by atoms with Crippen LogP contribution in [0.5, 0.6) is 0 Å². The number of nitrogen functional groups attached to an aromatic ring is 1. The summed E-state index contributed by atoms with van der Waals surface area (Å²) in [5.41, 5.74) is 4.97. The van der Waals surface area contributed by atoms with Crippen molar-refractivity contribution >= 4 is 27.3 Å². The first-order chi connectivity index (χ1) is 8.65. The van der Waals surface area contributed by atoms with Crippen molar-refractivity contribution in [3.05, 3.63) is 23.0 Å². The number of halogens is 2. The van der Waals surface area contributed by atoms with E-state index in [1.54, 1.807) is 13.8 Å². The Kier molecular flexibility index (Phi) is 5.14. The van der Waals surface area contributed by atoms with Crippen molar-refractivity contribution in [1.29, 1.82) is 0 Å². The van der Waals surface area contributed by atoms with Gasteiger partial charge in [-0.3, -0.25) is 0 Å². The molecule has 19 heavy (non-hydrogen) atoms. The molecule has 108 valence electrons. The molecule has 0 fully saturated rings. The van der Waals surface area contributed by atoms with Crippen LogP contribution < -0.4 is 10.5 Å². The predicted octanol–water partition coefficient (Wildman–Crippen LogP) is 1.36. The van der Waals surface area contributed by atoms with Gasteiger partial charge in [-0.1, -0.05) is 25.4 Å². The molecule has 0 aliphatic rings. The van der Waals surface area contributed by atoms with Crippen molar-refractivity contribution in [2.24, 2.45) is 5.92 Å². The molecule has 0 aliphatic carbocycles. The van der Waals surface area contributed by atoms with Crippen LogP contribution in [0, 0.1) is 11.7 Å². The fourth-order valence-corrected chi connectivity index (χ4v) is 2.76. The molecule has 0 saturated carbocycles. The van der Waals surface area contributed by atoms with Crippen LogP contribution in [0.15, 0.2) is 17.0 Å². The van der Waals surface area contributed by atoms with Gasteiger partial charge in [0.05, 0.1) is 11.8 Å². The fourth-order valence-electron chi connectivity index (χ4n) is 1.29. The SMILES string of the molecule is CC(C)C(O)CNS(=O)(=O)c1cc(Cl)cc(N)c1F. The van der Waals surface area contributed by atoms with Crippen molar-refractivity contribution in [3.8, 4) is 0 Å². The first kappa shape index (κ1) is 16.2. The van der Waals surface area contributed by atoms with Gasteiger partial charge in [-0.25, -0.2) is 17.5 Å². The Bertz CT molecular complexity index is 563. The van der Waals surface area contributed by atoms with Crippen molar-refractivity contribution in [3.63, 3.8) is 0 Å². The Balaban J connectivity index is 3.01. The second-order valence-corrected chi connectivity index (χ2v) is 6.64. The average Bonchev–Trinajstić information content (AvgIpc) is 2.30. The van der Waals surface area contributed by atoms with E-state index in [2.05, 4.69) is 4.72 Å². The zero-order chi connectivity index (χ0) is 14.8. The van der Waals surface area contributed by atoms with Gasteiger partial charge in [-0.15, -0.1) is 0 Å². The molecule has 0 spiro atoms. The molecular formula is C11H16ClFN2O3S. The van der Waals surface area contributed by atoms with E-state index >= 15 is 0 Å². The van der Waals surface area contributed by atoms with E-state index in [9.17, 15) is 17.9 Å². The number of aliphatic hydroxyl groups is 1. The number of hydrogen-bond donors (Lipinski definition) is 3. The molecule has 1 aromatic rings. The molecule has 0 bridgehead atoms. The highest BCUT2D eigenvalue weighted by atomic mass is 35.5. The minimum atomic E-state index is -4.11. The summed E-state index contributed by atoms with van der Waals surface area (Å²) in [6.45, 7) is 3.25. The zero-order valence-corrected chi connectivity index (χ0v) is 12.1. The molecule has 8 heteroatoms. The molecule has 0 saturated heterocycles. The smallest absolute Gasteiger partial charge is 0.243 e. The molecule has 0 amide bonds. The van der Waals surface area contributed by atoms with Crippen LogP contribution in [-0.4, -0.2) is 26.2 Å². The third-order valence-corrected chi connectivity index (χ3v) is 4.21. The highest BCUT2D eigenvalue weighted by molar-refractivity contribution is 7.89. The summed E-state index contributed by atoms with van der Waals surface area (Å²) < 4.78 is 39.6. The lowest BCUT2D eigenvalue weighted by molar-refractivity contribution is 0.129. The Morgan fingerprint density at radius 2 is 2.05 bits per heavy atom. The summed E-state index contributed by atoms with van der Waals surface area (Å²) in [5, 5.41) is 9.56. The molecule has 5 nitrogen and oxygen atoms in total. The lowest BCUT2D eigenvalue weighted by Gasteiger charge is -2.15. The standard InChI is InChI=1S/C11H16ClFN2O3S/c1-6(2)9(16)5-15-19(17,18)10-4-7(12)3-8(14)11(10)13/h3-4,6,9,15-16H,5,14H2,1-2H3. The van der Waals surface area contributed by atoms with E-state index in [-0.39, 0.29) is 23.2 Å². The van der Waals surface area contributed by atoms with Crippen molar-refractivity contribution < 1.29 is 17.9 Å². The van der Waals surface area contributed by atoms with Gasteiger partial charge in [0.2, 0.25) is 10.0 Å². The van der Waals surface area contributed by atoms with Crippen molar-refractivity contribution in [1.82, 2.24) is 4.72 Å². The minimum absolute atomic E-state index is 0.0173. The third-order valence-electron chi connectivity index (χ3n) is 2.57. The summed E-state index contributed by atoms with van der Waals surface area (Å²) in [6, 6.07) is 2.09. The van der Waals surface area contributed by atoms with E-state index in [1.807, 2.05) is 0 Å². The van der Waals surface area contributed by atoms with Gasteiger partial charge in [0, 0.05) is 11.6 Å². The Hall–Kier alpha value is -0.890. The number of benzene rings is 1. The highest BCUT2D eigenvalue weighted by Crippen LogP contribution is 2.25. The molecule has 0 heterocycles. The van der Waals surface area contributed by atoms with Gasteiger partial charge in [0.15, 0.2) is 5.82 Å². The van der Waals surface area contributed by atoms with E-state index < -0.39 is 26.8 Å². The predicted molar refractivity (Wildman–Crippen MR) is 71.9 cm³/mol. The molecule has 0 aromatic heterocycles. The minimum Gasteiger partial charge on any atom is -0.396 e. The van der Waals surface area contributed by atoms with Gasteiger partial charge >= 0.3 is 0 Å². The topological polar surface area (TPSA) is 92.4 Å². The number of hydrogen-bond acceptors (Lipinski definition) is 4. The number of nitrogens with two attached hydrogens (primary N) is 1. The van der Waals surface area contributed by atoms with Gasteiger partial charge in [-0.2, -0.15) is 0 Å². The molecule has 4 N–H and O–H groups in total. The van der Waals surface area contributed by atoms with E-state index in [1.165, 1.54) is 0 Å². The summed E-state index contributed by atoms with van der Waals surface area (Å²) in [7, 11) is -4.11. The Morgan fingerprint density at radius 3 is 2.58 bits per heavy atom. The van der Waals surface area contributed by atoms with Crippen LogP contribution in [0.2, 0.25) is 5.02 Å². The molecule has 1 aromatic carbocycles. The van der Waals surface area contributed by atoms with Crippen LogP contribution in [0.1, 0.15) is 13.8 Å². The molecular weight excluding hydrogens is 295 g/mol. The van der Waals surface area contributed by atoms with Gasteiger partial charge in [0.25, 0.3) is 0 Å². The lowest BCUT2D eigenvalue weighted by atomic mass is 10.1. The number of anilines is 1.